The highest BCUT2D eigenvalue weighted by atomic mass is 16.5. The van der Waals surface area contributed by atoms with Crippen molar-refractivity contribution in [3.05, 3.63) is 30.2 Å². The van der Waals surface area contributed by atoms with Gasteiger partial charge in [-0.3, -0.25) is 4.90 Å². The zero-order valence-corrected chi connectivity index (χ0v) is 11.5. The van der Waals surface area contributed by atoms with E-state index in [9.17, 15) is 4.79 Å². The Kier molecular flexibility index (Phi) is 5.16. The van der Waals surface area contributed by atoms with Gasteiger partial charge in [-0.2, -0.15) is 0 Å². The average molecular weight is 251 g/mol. The number of hydrogen-bond acceptors (Lipinski definition) is 4. The summed E-state index contributed by atoms with van der Waals surface area (Å²) in [6.07, 6.45) is 4.52. The van der Waals surface area contributed by atoms with Crippen LogP contribution in [0.1, 0.15) is 26.5 Å². The molecule has 0 aromatic carbocycles. The SMILES string of the molecule is CN(CCOC(=O)/C=C/c1ccco1)C(C)(C)C. The summed E-state index contributed by atoms with van der Waals surface area (Å²) in [5.74, 6) is 0.285. The maximum atomic E-state index is 11.4. The molecule has 0 saturated carbocycles. The number of rotatable bonds is 5. The topological polar surface area (TPSA) is 42.7 Å². The van der Waals surface area contributed by atoms with Gasteiger partial charge in [0.25, 0.3) is 0 Å². The minimum absolute atomic E-state index is 0.0798. The summed E-state index contributed by atoms with van der Waals surface area (Å²) in [5.41, 5.74) is 0.0798. The molecular weight excluding hydrogens is 230 g/mol. The fraction of sp³-hybridized carbons (Fsp3) is 0.500. The number of nitrogens with zero attached hydrogens (tertiary/aromatic N) is 1. The Labute approximate surface area is 108 Å². The van der Waals surface area contributed by atoms with Gasteiger partial charge in [0.05, 0.1) is 6.26 Å². The van der Waals surface area contributed by atoms with E-state index in [-0.39, 0.29) is 11.5 Å². The second kappa shape index (κ2) is 6.40. The van der Waals surface area contributed by atoms with Crippen molar-refractivity contribution in [3.63, 3.8) is 0 Å². The van der Waals surface area contributed by atoms with E-state index >= 15 is 0 Å². The van der Waals surface area contributed by atoms with Crippen molar-refractivity contribution in [3.8, 4) is 0 Å². The predicted octanol–water partition coefficient (Wildman–Crippen LogP) is 2.57. The van der Waals surface area contributed by atoms with Crippen molar-refractivity contribution in [1.82, 2.24) is 4.90 Å². The molecule has 0 aliphatic heterocycles. The third-order valence-corrected chi connectivity index (χ3v) is 2.74. The molecule has 0 bridgehead atoms. The van der Waals surface area contributed by atoms with E-state index in [1.54, 1.807) is 24.5 Å². The Hall–Kier alpha value is -1.55. The van der Waals surface area contributed by atoms with Gasteiger partial charge in [-0.1, -0.05) is 0 Å². The van der Waals surface area contributed by atoms with Crippen molar-refractivity contribution < 1.29 is 13.9 Å². The van der Waals surface area contributed by atoms with Gasteiger partial charge < -0.3 is 9.15 Å². The number of carbonyl (C=O) groups is 1. The zero-order chi connectivity index (χ0) is 13.6. The van der Waals surface area contributed by atoms with E-state index in [1.807, 2.05) is 7.05 Å². The molecule has 100 valence electrons. The Balaban J connectivity index is 2.26. The molecule has 4 heteroatoms. The van der Waals surface area contributed by atoms with Crippen molar-refractivity contribution >= 4 is 12.0 Å². The highest BCUT2D eigenvalue weighted by Gasteiger charge is 2.16. The van der Waals surface area contributed by atoms with E-state index in [4.69, 9.17) is 9.15 Å². The Morgan fingerprint density at radius 3 is 2.78 bits per heavy atom. The largest absolute Gasteiger partial charge is 0.465 e. The first-order chi connectivity index (χ1) is 8.39. The van der Waals surface area contributed by atoms with Crippen LogP contribution >= 0.6 is 0 Å². The molecule has 0 radical (unpaired) electrons. The molecule has 1 aromatic heterocycles. The molecule has 1 rings (SSSR count). The van der Waals surface area contributed by atoms with Crippen LogP contribution in [-0.2, 0) is 9.53 Å². The van der Waals surface area contributed by atoms with Crippen LogP contribution in [-0.4, -0.2) is 36.6 Å². The summed E-state index contributed by atoms with van der Waals surface area (Å²) < 4.78 is 10.2. The number of hydrogen-bond donors (Lipinski definition) is 0. The lowest BCUT2D eigenvalue weighted by atomic mass is 10.1. The van der Waals surface area contributed by atoms with Gasteiger partial charge in [-0.05, 0) is 46.0 Å². The molecule has 0 spiro atoms. The lowest BCUT2D eigenvalue weighted by Gasteiger charge is -2.31. The maximum absolute atomic E-state index is 11.4. The van der Waals surface area contributed by atoms with Crippen LogP contribution in [0.25, 0.3) is 6.08 Å². The lowest BCUT2D eigenvalue weighted by Crippen LogP contribution is -2.40. The third-order valence-electron chi connectivity index (χ3n) is 2.74. The summed E-state index contributed by atoms with van der Waals surface area (Å²) in [4.78, 5) is 13.5. The number of esters is 1. The molecule has 0 atom stereocenters. The standard InChI is InChI=1S/C14H21NO3/c1-14(2,3)15(4)9-11-18-13(16)8-7-12-6-5-10-17-12/h5-8,10H,9,11H2,1-4H3/b8-7+. The number of likely N-dealkylation sites (N-methyl/N-ethyl adjacent to an activating group) is 1. The van der Waals surface area contributed by atoms with Gasteiger partial charge in [0.1, 0.15) is 12.4 Å². The average Bonchev–Trinajstić information content (AvgIpc) is 2.77. The molecular formula is C14H21NO3. The van der Waals surface area contributed by atoms with E-state index in [0.29, 0.717) is 18.9 Å². The third kappa shape index (κ3) is 5.19. The van der Waals surface area contributed by atoms with E-state index in [2.05, 4.69) is 25.7 Å². The summed E-state index contributed by atoms with van der Waals surface area (Å²) >= 11 is 0. The van der Waals surface area contributed by atoms with E-state index in [1.165, 1.54) is 6.08 Å². The second-order valence-electron chi connectivity index (χ2n) is 5.11. The number of ether oxygens (including phenoxy) is 1. The molecule has 1 heterocycles. The summed E-state index contributed by atoms with van der Waals surface area (Å²) in [5, 5.41) is 0. The highest BCUT2D eigenvalue weighted by Crippen LogP contribution is 2.09. The van der Waals surface area contributed by atoms with E-state index < -0.39 is 0 Å². The van der Waals surface area contributed by atoms with Gasteiger partial charge in [-0.15, -0.1) is 0 Å². The summed E-state index contributed by atoms with van der Waals surface area (Å²) in [7, 11) is 2.01. The van der Waals surface area contributed by atoms with Crippen LogP contribution in [0.2, 0.25) is 0 Å². The predicted molar refractivity (Wildman–Crippen MR) is 71.1 cm³/mol. The Morgan fingerprint density at radius 2 is 2.22 bits per heavy atom. The first-order valence-electron chi connectivity index (χ1n) is 5.99. The molecule has 4 nitrogen and oxygen atoms in total. The summed E-state index contributed by atoms with van der Waals surface area (Å²) in [6.45, 7) is 7.45. The minimum atomic E-state index is -0.353. The molecule has 0 amide bonds. The van der Waals surface area contributed by atoms with Crippen LogP contribution < -0.4 is 0 Å². The van der Waals surface area contributed by atoms with Crippen molar-refractivity contribution in [2.75, 3.05) is 20.2 Å². The van der Waals surface area contributed by atoms with E-state index in [0.717, 1.165) is 0 Å². The fourth-order valence-corrected chi connectivity index (χ4v) is 1.20. The molecule has 18 heavy (non-hydrogen) atoms. The molecule has 0 fully saturated rings. The molecule has 0 aliphatic carbocycles. The minimum Gasteiger partial charge on any atom is -0.465 e. The molecule has 1 aromatic rings. The maximum Gasteiger partial charge on any atom is 0.330 e. The normalized spacial score (nSPS) is 12.3. The quantitative estimate of drug-likeness (QED) is 0.596. The summed E-state index contributed by atoms with van der Waals surface area (Å²) in [6, 6.07) is 3.54. The van der Waals surface area contributed by atoms with Crippen molar-refractivity contribution in [2.24, 2.45) is 0 Å². The second-order valence-corrected chi connectivity index (χ2v) is 5.11. The zero-order valence-electron chi connectivity index (χ0n) is 11.5. The first-order valence-corrected chi connectivity index (χ1v) is 5.99. The molecule has 0 aliphatic rings. The van der Waals surface area contributed by atoms with Crippen LogP contribution in [0.3, 0.4) is 0 Å². The van der Waals surface area contributed by atoms with Crippen LogP contribution in [0, 0.1) is 0 Å². The van der Waals surface area contributed by atoms with Gasteiger partial charge >= 0.3 is 5.97 Å². The van der Waals surface area contributed by atoms with Gasteiger partial charge in [-0.25, -0.2) is 4.79 Å². The van der Waals surface area contributed by atoms with Gasteiger partial charge in [0.2, 0.25) is 0 Å². The van der Waals surface area contributed by atoms with Crippen molar-refractivity contribution in [2.45, 2.75) is 26.3 Å². The lowest BCUT2D eigenvalue weighted by molar-refractivity contribution is -0.138. The smallest absolute Gasteiger partial charge is 0.330 e. The molecule has 0 unspecified atom stereocenters. The van der Waals surface area contributed by atoms with Crippen molar-refractivity contribution in [1.29, 1.82) is 0 Å². The highest BCUT2D eigenvalue weighted by molar-refractivity contribution is 5.86. The van der Waals surface area contributed by atoms with Gasteiger partial charge in [0, 0.05) is 18.2 Å². The Morgan fingerprint density at radius 1 is 1.50 bits per heavy atom. The Bertz CT molecular complexity index is 388. The monoisotopic (exact) mass is 251 g/mol. The number of carbonyl (C=O) groups excluding carboxylic acids is 1. The van der Waals surface area contributed by atoms with Crippen LogP contribution in [0.5, 0.6) is 0 Å². The van der Waals surface area contributed by atoms with Crippen LogP contribution in [0.4, 0.5) is 0 Å². The first kappa shape index (κ1) is 14.5. The number of furan rings is 1. The van der Waals surface area contributed by atoms with Gasteiger partial charge in [0.15, 0.2) is 0 Å². The fourth-order valence-electron chi connectivity index (χ4n) is 1.20. The molecule has 0 saturated heterocycles. The van der Waals surface area contributed by atoms with Crippen LogP contribution in [0.15, 0.2) is 28.9 Å². The molecule has 0 N–H and O–H groups in total.